The Labute approximate surface area is 180 Å². The van der Waals surface area contributed by atoms with E-state index in [4.69, 9.17) is 0 Å². The number of ketones is 1. The molecule has 160 valence electrons. The third-order valence-electron chi connectivity index (χ3n) is 6.86. The number of carbonyl (C=O) groups excluding carboxylic acids is 1. The lowest BCUT2D eigenvalue weighted by molar-refractivity contribution is -0.138. The zero-order valence-corrected chi connectivity index (χ0v) is 18.7. The molecule has 1 fully saturated rings. The van der Waals surface area contributed by atoms with Crippen LogP contribution in [0.3, 0.4) is 0 Å². The lowest BCUT2D eigenvalue weighted by Gasteiger charge is -2.37. The minimum Gasteiger partial charge on any atom is -0.481 e. The van der Waals surface area contributed by atoms with E-state index in [1.165, 1.54) is 38.2 Å². The fourth-order valence-electron chi connectivity index (χ4n) is 4.75. The Morgan fingerprint density at radius 1 is 0.933 bits per heavy atom. The summed E-state index contributed by atoms with van der Waals surface area (Å²) in [5.41, 5.74) is 4.13. The molecule has 1 saturated carbocycles. The smallest absolute Gasteiger partial charge is 0.311 e. The van der Waals surface area contributed by atoms with Crippen LogP contribution in [0.15, 0.2) is 48.5 Å². The van der Waals surface area contributed by atoms with Crippen LogP contribution in [0, 0.1) is 11.3 Å². The topological polar surface area (TPSA) is 54.4 Å². The first-order chi connectivity index (χ1) is 14.1. The van der Waals surface area contributed by atoms with Crippen molar-refractivity contribution in [1.29, 1.82) is 0 Å². The molecule has 0 unspecified atom stereocenters. The fourth-order valence-corrected chi connectivity index (χ4v) is 4.75. The highest BCUT2D eigenvalue weighted by Gasteiger charge is 2.30. The van der Waals surface area contributed by atoms with Crippen LogP contribution in [0.2, 0.25) is 0 Å². The molecule has 2 aromatic carbocycles. The van der Waals surface area contributed by atoms with Crippen molar-refractivity contribution in [3.8, 4) is 0 Å². The van der Waals surface area contributed by atoms with Gasteiger partial charge in [0.15, 0.2) is 5.78 Å². The van der Waals surface area contributed by atoms with E-state index in [1.54, 1.807) is 12.1 Å². The molecule has 0 aliphatic heterocycles. The van der Waals surface area contributed by atoms with Crippen LogP contribution in [0.1, 0.15) is 92.3 Å². The molecular weight excluding hydrogens is 372 g/mol. The summed E-state index contributed by atoms with van der Waals surface area (Å²) >= 11 is 0. The molecule has 3 heteroatoms. The van der Waals surface area contributed by atoms with E-state index in [9.17, 15) is 14.7 Å². The number of rotatable bonds is 6. The van der Waals surface area contributed by atoms with Crippen LogP contribution in [-0.2, 0) is 11.2 Å². The quantitative estimate of drug-likeness (QED) is 0.548. The fraction of sp³-hybridized carbons (Fsp3) is 0.481. The molecule has 0 amide bonds. The number of carboxylic acid groups (broad SMARTS) is 1. The van der Waals surface area contributed by atoms with Crippen LogP contribution in [0.25, 0.3) is 0 Å². The number of hydrogen-bond donors (Lipinski definition) is 1. The molecule has 30 heavy (non-hydrogen) atoms. The normalized spacial score (nSPS) is 20.5. The highest BCUT2D eigenvalue weighted by atomic mass is 16.4. The Balaban J connectivity index is 1.68. The van der Waals surface area contributed by atoms with Gasteiger partial charge in [-0.3, -0.25) is 9.59 Å². The number of hydrogen-bond acceptors (Lipinski definition) is 2. The summed E-state index contributed by atoms with van der Waals surface area (Å²) < 4.78 is 0. The molecular formula is C27H34O3. The predicted molar refractivity (Wildman–Crippen MR) is 121 cm³/mol. The van der Waals surface area contributed by atoms with E-state index in [2.05, 4.69) is 32.9 Å². The summed E-state index contributed by atoms with van der Waals surface area (Å²) in [5.74, 6) is -0.00903. The maximum Gasteiger partial charge on any atom is 0.311 e. The molecule has 1 atom stereocenters. The van der Waals surface area contributed by atoms with Crippen molar-refractivity contribution in [2.75, 3.05) is 0 Å². The van der Waals surface area contributed by atoms with Gasteiger partial charge in [-0.1, -0.05) is 69.3 Å². The van der Waals surface area contributed by atoms with Crippen molar-refractivity contribution < 1.29 is 14.7 Å². The highest BCUT2D eigenvalue weighted by molar-refractivity contribution is 5.94. The molecule has 0 saturated heterocycles. The summed E-state index contributed by atoms with van der Waals surface area (Å²) in [6.45, 7) is 8.55. The van der Waals surface area contributed by atoms with Gasteiger partial charge in [-0.15, -0.1) is 0 Å². The van der Waals surface area contributed by atoms with Gasteiger partial charge in [-0.25, -0.2) is 0 Å². The van der Waals surface area contributed by atoms with Crippen molar-refractivity contribution in [2.24, 2.45) is 11.3 Å². The third-order valence-corrected chi connectivity index (χ3v) is 6.86. The first-order valence-corrected chi connectivity index (χ1v) is 11.1. The highest BCUT2D eigenvalue weighted by Crippen LogP contribution is 2.43. The molecule has 2 aromatic rings. The Bertz CT molecular complexity index is 864. The Kier molecular flexibility index (Phi) is 6.80. The molecule has 0 heterocycles. The molecule has 1 N–H and O–H groups in total. The van der Waals surface area contributed by atoms with Crippen LogP contribution in [0.5, 0.6) is 0 Å². The average Bonchev–Trinajstić information content (AvgIpc) is 2.72. The maximum absolute atomic E-state index is 11.9. The summed E-state index contributed by atoms with van der Waals surface area (Å²) in [5, 5.41) is 9.80. The Morgan fingerprint density at radius 2 is 1.50 bits per heavy atom. The molecule has 0 radical (unpaired) electrons. The second-order valence-corrected chi connectivity index (χ2v) is 9.93. The molecule has 1 aliphatic rings. The third kappa shape index (κ3) is 5.38. The number of aliphatic carboxylic acids is 1. The van der Waals surface area contributed by atoms with Crippen LogP contribution < -0.4 is 0 Å². The first kappa shape index (κ1) is 22.3. The van der Waals surface area contributed by atoms with Crippen molar-refractivity contribution >= 4 is 11.8 Å². The van der Waals surface area contributed by atoms with Gasteiger partial charge in [0.1, 0.15) is 0 Å². The minimum atomic E-state index is -0.816. The van der Waals surface area contributed by atoms with Gasteiger partial charge in [-0.05, 0) is 73.0 Å². The van der Waals surface area contributed by atoms with Crippen LogP contribution in [-0.4, -0.2) is 16.9 Å². The monoisotopic (exact) mass is 406 g/mol. The molecule has 1 aliphatic carbocycles. The van der Waals surface area contributed by atoms with E-state index in [0.717, 1.165) is 17.0 Å². The van der Waals surface area contributed by atoms with Crippen molar-refractivity contribution in [3.05, 3.63) is 70.8 Å². The van der Waals surface area contributed by atoms with E-state index in [1.807, 2.05) is 24.3 Å². The summed E-state index contributed by atoms with van der Waals surface area (Å²) in [6.07, 6.45) is 5.38. The largest absolute Gasteiger partial charge is 0.481 e. The lowest BCUT2D eigenvalue weighted by Crippen LogP contribution is -2.25. The number of Topliss-reactive ketones (excluding diaryl/α,β-unsaturated/α-hetero) is 1. The van der Waals surface area contributed by atoms with E-state index in [-0.39, 0.29) is 5.78 Å². The van der Waals surface area contributed by atoms with Crippen molar-refractivity contribution in [1.82, 2.24) is 0 Å². The number of carbonyl (C=O) groups is 2. The number of carboxylic acids is 1. The SMILES string of the molecule is CC(=O)c1ccc(C[C@@H](C(=O)O)c2ccc([C@H]3CC[C@H](C(C)(C)C)CC3)cc2)cc1. The van der Waals surface area contributed by atoms with E-state index in [0.29, 0.717) is 23.3 Å². The lowest BCUT2D eigenvalue weighted by atomic mass is 9.68. The Morgan fingerprint density at radius 3 is 1.97 bits per heavy atom. The minimum absolute atomic E-state index is 0.0171. The molecule has 0 aromatic heterocycles. The van der Waals surface area contributed by atoms with Crippen LogP contribution in [0.4, 0.5) is 0 Å². The van der Waals surface area contributed by atoms with Gasteiger partial charge in [0.25, 0.3) is 0 Å². The zero-order valence-electron chi connectivity index (χ0n) is 18.7. The van der Waals surface area contributed by atoms with Gasteiger partial charge < -0.3 is 5.11 Å². The van der Waals surface area contributed by atoms with Crippen molar-refractivity contribution in [3.63, 3.8) is 0 Å². The Hall–Kier alpha value is -2.42. The van der Waals surface area contributed by atoms with E-state index >= 15 is 0 Å². The van der Waals surface area contributed by atoms with Crippen LogP contribution >= 0.6 is 0 Å². The summed E-state index contributed by atoms with van der Waals surface area (Å²) in [4.78, 5) is 23.4. The van der Waals surface area contributed by atoms with Gasteiger partial charge in [0.2, 0.25) is 0 Å². The average molecular weight is 407 g/mol. The molecule has 0 spiro atoms. The van der Waals surface area contributed by atoms with Crippen molar-refractivity contribution in [2.45, 2.75) is 71.6 Å². The molecule has 0 bridgehead atoms. The van der Waals surface area contributed by atoms with Gasteiger partial charge in [0.05, 0.1) is 5.92 Å². The molecule has 3 nitrogen and oxygen atoms in total. The van der Waals surface area contributed by atoms with E-state index < -0.39 is 11.9 Å². The van der Waals surface area contributed by atoms with Gasteiger partial charge >= 0.3 is 5.97 Å². The summed E-state index contributed by atoms with van der Waals surface area (Å²) in [7, 11) is 0. The van der Waals surface area contributed by atoms with Gasteiger partial charge in [0, 0.05) is 5.56 Å². The second-order valence-electron chi connectivity index (χ2n) is 9.93. The second kappa shape index (κ2) is 9.16. The number of benzene rings is 2. The zero-order chi connectivity index (χ0) is 21.9. The molecule has 3 rings (SSSR count). The first-order valence-electron chi connectivity index (χ1n) is 11.1. The maximum atomic E-state index is 11.9. The predicted octanol–water partition coefficient (Wildman–Crippen LogP) is 6.62. The van der Waals surface area contributed by atoms with Gasteiger partial charge in [-0.2, -0.15) is 0 Å². The standard InChI is InChI=1S/C27H34O3/c1-18(28)20-7-5-19(6-8-20)17-25(26(29)30)23-11-9-21(10-12-23)22-13-15-24(16-14-22)27(2,3)4/h5-12,22,24-25H,13-17H2,1-4H3,(H,29,30)/t22-,24-,25-/m1/s1. The summed E-state index contributed by atoms with van der Waals surface area (Å²) in [6, 6.07) is 15.5.